The fourth-order valence-corrected chi connectivity index (χ4v) is 1.01. The minimum atomic E-state index is 0.767. The summed E-state index contributed by atoms with van der Waals surface area (Å²) in [4.78, 5) is 0. The predicted molar refractivity (Wildman–Crippen MR) is 44.5 cm³/mol. The summed E-state index contributed by atoms with van der Waals surface area (Å²) in [5.74, 6) is 0. The summed E-state index contributed by atoms with van der Waals surface area (Å²) in [6, 6.07) is 0. The Balaban J connectivity index is 2.68. The fraction of sp³-hybridized carbons (Fsp3) is 0.444. The predicted octanol–water partition coefficient (Wildman–Crippen LogP) is 2.69. The number of allylic oxidation sites excluding steroid dienone is 4. The molecule has 1 heteroatoms. The zero-order chi connectivity index (χ0) is 7.72. The molecule has 0 atom stereocenters. The summed E-state index contributed by atoms with van der Waals surface area (Å²) in [6.45, 7) is 6.13. The number of rotatable bonds is 2. The van der Waals surface area contributed by atoms with Gasteiger partial charge in [0.1, 0.15) is 0 Å². The zero-order valence-electron chi connectivity index (χ0n) is 6.78. The molecule has 0 heterocycles. The molecule has 0 saturated carbocycles. The molecule has 0 aromatic heterocycles. The first-order valence-corrected chi connectivity index (χ1v) is 3.64. The van der Waals surface area contributed by atoms with Crippen LogP contribution in [0.5, 0.6) is 0 Å². The lowest BCUT2D eigenvalue weighted by Gasteiger charge is -1.98. The number of hydrogen-bond acceptors (Lipinski definition) is 1. The fourth-order valence-electron chi connectivity index (χ4n) is 1.01. The zero-order valence-corrected chi connectivity index (χ0v) is 6.78. The molecule has 0 aliphatic heterocycles. The van der Waals surface area contributed by atoms with Crippen LogP contribution in [-0.2, 0) is 0 Å². The van der Waals surface area contributed by atoms with E-state index < -0.39 is 0 Å². The summed E-state index contributed by atoms with van der Waals surface area (Å²) in [7, 11) is 0. The van der Waals surface area contributed by atoms with Gasteiger partial charge in [-0.3, -0.25) is 0 Å². The Bertz CT molecular complexity index is 231. The Morgan fingerprint density at radius 2 is 2.10 bits per heavy atom. The van der Waals surface area contributed by atoms with Crippen LogP contribution in [-0.4, -0.2) is 5.71 Å². The second-order valence-electron chi connectivity index (χ2n) is 2.70. The van der Waals surface area contributed by atoms with Crippen LogP contribution >= 0.6 is 0 Å². The van der Waals surface area contributed by atoms with Crippen LogP contribution in [0.15, 0.2) is 22.8 Å². The molecule has 10 heavy (non-hydrogen) atoms. The van der Waals surface area contributed by atoms with Gasteiger partial charge >= 0.3 is 0 Å². The van der Waals surface area contributed by atoms with E-state index >= 15 is 0 Å². The van der Waals surface area contributed by atoms with Crippen LogP contribution in [0.2, 0.25) is 0 Å². The maximum atomic E-state index is 7.51. The number of hydrogen-bond donors (Lipinski definition) is 1. The van der Waals surface area contributed by atoms with Gasteiger partial charge in [-0.05, 0) is 37.0 Å². The third kappa shape index (κ3) is 1.18. The highest BCUT2D eigenvalue weighted by molar-refractivity contribution is 6.00. The molecule has 0 fully saturated rings. The smallest absolute Gasteiger partial charge is 0.0346 e. The van der Waals surface area contributed by atoms with Crippen molar-refractivity contribution in [2.45, 2.75) is 27.2 Å². The van der Waals surface area contributed by atoms with Crippen molar-refractivity contribution >= 4 is 5.71 Å². The Labute approximate surface area is 62.0 Å². The van der Waals surface area contributed by atoms with Crippen molar-refractivity contribution in [3.8, 4) is 0 Å². The van der Waals surface area contributed by atoms with Crippen molar-refractivity contribution in [3.05, 3.63) is 22.8 Å². The van der Waals surface area contributed by atoms with Crippen LogP contribution in [0.3, 0.4) is 0 Å². The minimum absolute atomic E-state index is 0.767. The van der Waals surface area contributed by atoms with Gasteiger partial charge in [-0.1, -0.05) is 13.0 Å². The molecule has 1 aliphatic carbocycles. The lowest BCUT2D eigenvalue weighted by atomic mass is 10.1. The molecule has 1 nitrogen and oxygen atoms in total. The van der Waals surface area contributed by atoms with Crippen LogP contribution in [0.25, 0.3) is 0 Å². The molecular weight excluding hydrogens is 122 g/mol. The van der Waals surface area contributed by atoms with E-state index in [0.29, 0.717) is 0 Å². The molecule has 54 valence electrons. The van der Waals surface area contributed by atoms with E-state index in [0.717, 1.165) is 17.7 Å². The van der Waals surface area contributed by atoms with Gasteiger partial charge in [0, 0.05) is 5.71 Å². The van der Waals surface area contributed by atoms with Gasteiger partial charge in [-0.15, -0.1) is 0 Å². The van der Waals surface area contributed by atoms with Crippen LogP contribution in [0.4, 0.5) is 0 Å². The lowest BCUT2D eigenvalue weighted by molar-refractivity contribution is 1.22. The molecule has 0 radical (unpaired) electrons. The van der Waals surface area contributed by atoms with Crippen molar-refractivity contribution in [2.75, 3.05) is 0 Å². The third-order valence-corrected chi connectivity index (χ3v) is 1.91. The third-order valence-electron chi connectivity index (χ3n) is 1.91. The van der Waals surface area contributed by atoms with Crippen LogP contribution < -0.4 is 0 Å². The number of nitrogens with one attached hydrogen (secondary N) is 1. The summed E-state index contributed by atoms with van der Waals surface area (Å²) >= 11 is 0. The van der Waals surface area contributed by atoms with Crippen molar-refractivity contribution in [2.24, 2.45) is 0 Å². The molecule has 0 unspecified atom stereocenters. The molecular formula is C9H13N. The van der Waals surface area contributed by atoms with Gasteiger partial charge < -0.3 is 5.41 Å². The quantitative estimate of drug-likeness (QED) is 0.563. The molecule has 0 bridgehead atoms. The highest BCUT2D eigenvalue weighted by Crippen LogP contribution is 2.30. The second-order valence-corrected chi connectivity index (χ2v) is 2.70. The summed E-state index contributed by atoms with van der Waals surface area (Å²) in [5, 5.41) is 7.51. The molecule has 1 N–H and O–H groups in total. The van der Waals surface area contributed by atoms with E-state index in [-0.39, 0.29) is 0 Å². The average Bonchev–Trinajstić information content (AvgIpc) is 2.63. The van der Waals surface area contributed by atoms with Gasteiger partial charge in [0.15, 0.2) is 0 Å². The highest BCUT2D eigenvalue weighted by atomic mass is 14.4. The van der Waals surface area contributed by atoms with Gasteiger partial charge in [0.2, 0.25) is 0 Å². The first-order chi connectivity index (χ1) is 4.66. The first-order valence-electron chi connectivity index (χ1n) is 3.64. The average molecular weight is 135 g/mol. The van der Waals surface area contributed by atoms with E-state index in [1.165, 1.54) is 11.1 Å². The topological polar surface area (TPSA) is 23.9 Å². The van der Waals surface area contributed by atoms with Crippen molar-refractivity contribution in [1.82, 2.24) is 0 Å². The SMILES string of the molecule is CCC(=N)/C(C)=C1C=C/1C. The largest absolute Gasteiger partial charge is 0.305 e. The standard InChI is InChI=1S/C9H13N/c1-4-9(10)7(3)8-5-6(8)2/h5,10H,4H2,1-3H3/b8-7-,10-9?. The van der Waals surface area contributed by atoms with Crippen molar-refractivity contribution < 1.29 is 0 Å². The molecule has 0 amide bonds. The van der Waals surface area contributed by atoms with E-state index in [2.05, 4.69) is 13.0 Å². The van der Waals surface area contributed by atoms with Crippen molar-refractivity contribution in [3.63, 3.8) is 0 Å². The Kier molecular flexibility index (Phi) is 1.75. The Morgan fingerprint density at radius 3 is 2.40 bits per heavy atom. The van der Waals surface area contributed by atoms with E-state index in [1.54, 1.807) is 0 Å². The van der Waals surface area contributed by atoms with Gasteiger partial charge in [-0.2, -0.15) is 0 Å². The maximum Gasteiger partial charge on any atom is 0.0346 e. The molecule has 0 spiro atoms. The molecule has 1 rings (SSSR count). The van der Waals surface area contributed by atoms with Crippen LogP contribution in [0.1, 0.15) is 27.2 Å². The summed E-state index contributed by atoms with van der Waals surface area (Å²) in [5.41, 5.74) is 4.56. The lowest BCUT2D eigenvalue weighted by Crippen LogP contribution is -1.95. The van der Waals surface area contributed by atoms with E-state index in [4.69, 9.17) is 5.41 Å². The molecule has 1 aliphatic rings. The van der Waals surface area contributed by atoms with Crippen LogP contribution in [0, 0.1) is 5.41 Å². The van der Waals surface area contributed by atoms with Gasteiger partial charge in [0.25, 0.3) is 0 Å². The maximum absolute atomic E-state index is 7.51. The van der Waals surface area contributed by atoms with Gasteiger partial charge in [-0.25, -0.2) is 0 Å². The second kappa shape index (κ2) is 2.41. The summed E-state index contributed by atoms with van der Waals surface area (Å²) in [6.07, 6.45) is 2.97. The monoisotopic (exact) mass is 135 g/mol. The Hall–Kier alpha value is -0.850. The molecule has 0 aromatic rings. The van der Waals surface area contributed by atoms with Gasteiger partial charge in [0.05, 0.1) is 0 Å². The van der Waals surface area contributed by atoms with E-state index in [9.17, 15) is 0 Å². The molecule has 0 aromatic carbocycles. The first kappa shape index (κ1) is 7.26. The Morgan fingerprint density at radius 1 is 1.60 bits per heavy atom. The van der Waals surface area contributed by atoms with E-state index in [1.807, 2.05) is 13.8 Å². The molecule has 0 saturated heterocycles. The normalized spacial score (nSPS) is 20.1. The highest BCUT2D eigenvalue weighted by Gasteiger charge is 2.14. The van der Waals surface area contributed by atoms with Crippen molar-refractivity contribution in [1.29, 1.82) is 5.41 Å². The summed E-state index contributed by atoms with van der Waals surface area (Å²) < 4.78 is 0. The minimum Gasteiger partial charge on any atom is -0.305 e.